The maximum absolute atomic E-state index is 11.7. The molecule has 0 aliphatic rings. The summed E-state index contributed by atoms with van der Waals surface area (Å²) >= 11 is 11.4. The Morgan fingerprint density at radius 3 is 2.78 bits per heavy atom. The molecule has 1 amide bonds. The lowest BCUT2D eigenvalue weighted by Gasteiger charge is -2.16. The Kier molecular flexibility index (Phi) is 5.51. The lowest BCUT2D eigenvalue weighted by Crippen LogP contribution is -2.36. The third-order valence-corrected chi connectivity index (χ3v) is 2.63. The van der Waals surface area contributed by atoms with Crippen LogP contribution >= 0.6 is 23.2 Å². The van der Waals surface area contributed by atoms with E-state index in [1.165, 1.54) is 0 Å². The molecule has 0 fully saturated rings. The first-order valence-electron chi connectivity index (χ1n) is 5.44. The van der Waals surface area contributed by atoms with Crippen LogP contribution in [0.2, 0.25) is 5.02 Å². The van der Waals surface area contributed by atoms with Gasteiger partial charge in [-0.15, -0.1) is 0 Å². The number of hydrogen-bond donors (Lipinski definition) is 1. The Balaban J connectivity index is 2.60. The van der Waals surface area contributed by atoms with E-state index in [0.717, 1.165) is 5.56 Å². The van der Waals surface area contributed by atoms with Crippen molar-refractivity contribution in [2.75, 3.05) is 6.54 Å². The molecule has 1 aromatic carbocycles. The molecule has 0 radical (unpaired) electrons. The van der Waals surface area contributed by atoms with Crippen LogP contribution in [0.1, 0.15) is 12.5 Å². The molecule has 3 nitrogen and oxygen atoms in total. The minimum Gasteiger partial charge on any atom is -0.481 e. The predicted octanol–water partition coefficient (Wildman–Crippen LogP) is 3.28. The van der Waals surface area contributed by atoms with Gasteiger partial charge in [-0.05, 0) is 37.6 Å². The van der Waals surface area contributed by atoms with Gasteiger partial charge in [0.1, 0.15) is 5.75 Å². The summed E-state index contributed by atoms with van der Waals surface area (Å²) in [5.74, 6) is 0.387. The molecule has 0 heterocycles. The van der Waals surface area contributed by atoms with Crippen molar-refractivity contribution >= 4 is 29.1 Å². The summed E-state index contributed by atoms with van der Waals surface area (Å²) in [6.45, 7) is 7.25. The van der Waals surface area contributed by atoms with Crippen molar-refractivity contribution in [3.63, 3.8) is 0 Å². The van der Waals surface area contributed by atoms with E-state index in [1.54, 1.807) is 25.1 Å². The molecule has 1 aromatic rings. The molecular weight excluding hydrogens is 273 g/mol. The zero-order chi connectivity index (χ0) is 13.7. The zero-order valence-electron chi connectivity index (χ0n) is 10.3. The van der Waals surface area contributed by atoms with Crippen LogP contribution in [0.4, 0.5) is 0 Å². The minimum absolute atomic E-state index is 0.230. The summed E-state index contributed by atoms with van der Waals surface area (Å²) in [6.07, 6.45) is -0.610. The number of carbonyl (C=O) groups is 1. The molecule has 0 saturated carbocycles. The lowest BCUT2D eigenvalue weighted by molar-refractivity contribution is -0.127. The summed E-state index contributed by atoms with van der Waals surface area (Å²) in [7, 11) is 0. The standard InChI is InChI=1S/C13H15Cl2NO2/c1-8-6-11(15)4-5-12(8)18-10(3)13(17)16-7-9(2)14/h4-6,10H,2,7H2,1,3H3,(H,16,17). The van der Waals surface area contributed by atoms with Gasteiger partial charge < -0.3 is 10.1 Å². The third kappa shape index (κ3) is 4.59. The van der Waals surface area contributed by atoms with Crippen molar-refractivity contribution in [2.24, 2.45) is 0 Å². The van der Waals surface area contributed by atoms with Crippen LogP contribution in [0.15, 0.2) is 29.8 Å². The normalized spacial score (nSPS) is 11.8. The van der Waals surface area contributed by atoms with Crippen molar-refractivity contribution in [1.29, 1.82) is 0 Å². The van der Waals surface area contributed by atoms with Gasteiger partial charge in [-0.1, -0.05) is 29.8 Å². The van der Waals surface area contributed by atoms with E-state index in [1.807, 2.05) is 6.92 Å². The molecule has 1 atom stereocenters. The largest absolute Gasteiger partial charge is 0.481 e. The fraction of sp³-hybridized carbons (Fsp3) is 0.308. The number of amides is 1. The van der Waals surface area contributed by atoms with Gasteiger partial charge in [-0.2, -0.15) is 0 Å². The number of halogens is 2. The van der Waals surface area contributed by atoms with E-state index < -0.39 is 6.10 Å². The van der Waals surface area contributed by atoms with Crippen LogP contribution in [0.5, 0.6) is 5.75 Å². The second-order valence-corrected chi connectivity index (χ2v) is 4.88. The molecule has 0 spiro atoms. The first-order valence-corrected chi connectivity index (χ1v) is 6.19. The van der Waals surface area contributed by atoms with Crippen LogP contribution in [0, 0.1) is 6.92 Å². The van der Waals surface area contributed by atoms with E-state index >= 15 is 0 Å². The summed E-state index contributed by atoms with van der Waals surface area (Å²) in [5.41, 5.74) is 0.879. The van der Waals surface area contributed by atoms with Crippen molar-refractivity contribution in [3.05, 3.63) is 40.4 Å². The SMILES string of the molecule is C=C(Cl)CNC(=O)C(C)Oc1ccc(Cl)cc1C. The van der Waals surface area contributed by atoms with E-state index in [2.05, 4.69) is 11.9 Å². The van der Waals surface area contributed by atoms with Gasteiger partial charge in [-0.3, -0.25) is 4.79 Å². The Labute approximate surface area is 117 Å². The molecule has 1 rings (SSSR count). The molecule has 0 saturated heterocycles. The second-order valence-electron chi connectivity index (χ2n) is 3.90. The van der Waals surface area contributed by atoms with Crippen molar-refractivity contribution < 1.29 is 9.53 Å². The number of nitrogens with one attached hydrogen (secondary N) is 1. The molecular formula is C13H15Cl2NO2. The van der Waals surface area contributed by atoms with Gasteiger partial charge in [-0.25, -0.2) is 0 Å². The second kappa shape index (κ2) is 6.66. The van der Waals surface area contributed by atoms with Crippen LogP contribution in [0.3, 0.4) is 0 Å². The van der Waals surface area contributed by atoms with Crippen molar-refractivity contribution in [2.45, 2.75) is 20.0 Å². The first-order chi connectivity index (χ1) is 8.40. The molecule has 0 bridgehead atoms. The Hall–Kier alpha value is -1.19. The van der Waals surface area contributed by atoms with Gasteiger partial charge in [0.05, 0.1) is 6.54 Å². The number of rotatable bonds is 5. The van der Waals surface area contributed by atoms with E-state index in [-0.39, 0.29) is 12.5 Å². The highest BCUT2D eigenvalue weighted by Crippen LogP contribution is 2.22. The highest BCUT2D eigenvalue weighted by Gasteiger charge is 2.15. The molecule has 0 aromatic heterocycles. The monoisotopic (exact) mass is 287 g/mol. The Bertz CT molecular complexity index is 460. The average molecular weight is 288 g/mol. The smallest absolute Gasteiger partial charge is 0.261 e. The van der Waals surface area contributed by atoms with Crippen LogP contribution in [-0.4, -0.2) is 18.6 Å². The summed E-state index contributed by atoms with van der Waals surface area (Å²) in [5, 5.41) is 3.62. The number of ether oxygens (including phenoxy) is 1. The summed E-state index contributed by atoms with van der Waals surface area (Å²) < 4.78 is 5.55. The summed E-state index contributed by atoms with van der Waals surface area (Å²) in [6, 6.07) is 5.24. The van der Waals surface area contributed by atoms with E-state index in [0.29, 0.717) is 15.8 Å². The van der Waals surface area contributed by atoms with Gasteiger partial charge in [0.15, 0.2) is 6.10 Å². The Morgan fingerprint density at radius 1 is 1.56 bits per heavy atom. The lowest BCUT2D eigenvalue weighted by atomic mass is 10.2. The van der Waals surface area contributed by atoms with Crippen LogP contribution in [0.25, 0.3) is 0 Å². The first kappa shape index (κ1) is 14.9. The molecule has 18 heavy (non-hydrogen) atoms. The van der Waals surface area contributed by atoms with Crippen molar-refractivity contribution in [3.8, 4) is 5.75 Å². The van der Waals surface area contributed by atoms with Gasteiger partial charge in [0.25, 0.3) is 5.91 Å². The highest BCUT2D eigenvalue weighted by molar-refractivity contribution is 6.30. The molecule has 0 aliphatic heterocycles. The van der Waals surface area contributed by atoms with E-state index in [4.69, 9.17) is 27.9 Å². The third-order valence-electron chi connectivity index (χ3n) is 2.26. The highest BCUT2D eigenvalue weighted by atomic mass is 35.5. The van der Waals surface area contributed by atoms with Gasteiger partial charge >= 0.3 is 0 Å². The Morgan fingerprint density at radius 2 is 2.22 bits per heavy atom. The fourth-order valence-electron chi connectivity index (χ4n) is 1.32. The van der Waals surface area contributed by atoms with Gasteiger partial charge in [0.2, 0.25) is 0 Å². The topological polar surface area (TPSA) is 38.3 Å². The number of hydrogen-bond acceptors (Lipinski definition) is 2. The summed E-state index contributed by atoms with van der Waals surface area (Å²) in [4.78, 5) is 11.7. The minimum atomic E-state index is -0.610. The maximum atomic E-state index is 11.7. The molecule has 98 valence electrons. The molecule has 5 heteroatoms. The number of carbonyl (C=O) groups excluding carboxylic acids is 1. The molecule has 0 aliphatic carbocycles. The molecule has 1 unspecified atom stereocenters. The average Bonchev–Trinajstić information content (AvgIpc) is 2.29. The number of aryl methyl sites for hydroxylation is 1. The molecule has 1 N–H and O–H groups in total. The fourth-order valence-corrected chi connectivity index (χ4v) is 1.61. The zero-order valence-corrected chi connectivity index (χ0v) is 11.8. The maximum Gasteiger partial charge on any atom is 0.261 e. The number of benzene rings is 1. The van der Waals surface area contributed by atoms with Crippen LogP contribution < -0.4 is 10.1 Å². The van der Waals surface area contributed by atoms with Crippen molar-refractivity contribution in [1.82, 2.24) is 5.32 Å². The predicted molar refractivity (Wildman–Crippen MR) is 74.3 cm³/mol. The van der Waals surface area contributed by atoms with Crippen LogP contribution in [-0.2, 0) is 4.79 Å². The van der Waals surface area contributed by atoms with E-state index in [9.17, 15) is 4.79 Å². The van der Waals surface area contributed by atoms with Gasteiger partial charge in [0, 0.05) is 10.1 Å². The quantitative estimate of drug-likeness (QED) is 0.903.